The van der Waals surface area contributed by atoms with Crippen molar-refractivity contribution >= 4 is 17.7 Å². The Kier molecular flexibility index (Phi) is 4.58. The summed E-state index contributed by atoms with van der Waals surface area (Å²) < 4.78 is 16.1. The highest BCUT2D eigenvalue weighted by Crippen LogP contribution is 2.40. The summed E-state index contributed by atoms with van der Waals surface area (Å²) in [7, 11) is 1.33. The van der Waals surface area contributed by atoms with Crippen LogP contribution in [0.15, 0.2) is 30.3 Å². The van der Waals surface area contributed by atoms with E-state index >= 15 is 0 Å². The van der Waals surface area contributed by atoms with E-state index in [9.17, 15) is 9.59 Å². The second kappa shape index (κ2) is 7.19. The van der Waals surface area contributed by atoms with Gasteiger partial charge in [0.05, 0.1) is 25.9 Å². The van der Waals surface area contributed by atoms with Crippen LogP contribution < -0.4 is 20.1 Å². The summed E-state index contributed by atoms with van der Waals surface area (Å²) >= 11 is 0. The average Bonchev–Trinajstić information content (AvgIpc) is 3.34. The number of fused-ring (bicyclic) bond motifs is 2. The van der Waals surface area contributed by atoms with Gasteiger partial charge < -0.3 is 24.8 Å². The molecule has 2 N–H and O–H groups in total. The molecule has 7 nitrogen and oxygen atoms in total. The minimum atomic E-state index is -0.417. The van der Waals surface area contributed by atoms with Gasteiger partial charge in [0.15, 0.2) is 0 Å². The first-order chi connectivity index (χ1) is 13.2. The molecule has 140 valence electrons. The van der Waals surface area contributed by atoms with Crippen molar-refractivity contribution in [2.24, 2.45) is 0 Å². The molecule has 2 aliphatic heterocycles. The third-order valence-corrected chi connectivity index (χ3v) is 4.75. The minimum Gasteiger partial charge on any atom is -0.493 e. The van der Waals surface area contributed by atoms with E-state index in [0.717, 1.165) is 41.0 Å². The van der Waals surface area contributed by atoms with E-state index in [1.807, 2.05) is 0 Å². The van der Waals surface area contributed by atoms with Crippen LogP contribution in [0.2, 0.25) is 0 Å². The summed E-state index contributed by atoms with van der Waals surface area (Å²) in [5.41, 5.74) is 4.25. The molecule has 0 bridgehead atoms. The lowest BCUT2D eigenvalue weighted by Gasteiger charge is -2.14. The Bertz CT molecular complexity index is 860. The average molecular weight is 368 g/mol. The highest BCUT2D eigenvalue weighted by molar-refractivity contribution is 5.92. The predicted molar refractivity (Wildman–Crippen MR) is 98.5 cm³/mol. The predicted octanol–water partition coefficient (Wildman–Crippen LogP) is 2.66. The van der Waals surface area contributed by atoms with Crippen molar-refractivity contribution < 1.29 is 23.8 Å². The monoisotopic (exact) mass is 368 g/mol. The zero-order chi connectivity index (χ0) is 18.8. The number of urea groups is 1. The van der Waals surface area contributed by atoms with Crippen molar-refractivity contribution in [3.63, 3.8) is 0 Å². The second-order valence-corrected chi connectivity index (χ2v) is 6.39. The topological polar surface area (TPSA) is 85.9 Å². The zero-order valence-electron chi connectivity index (χ0n) is 15.0. The number of carbonyl (C=O) groups is 2. The molecule has 0 atom stereocenters. The fourth-order valence-electron chi connectivity index (χ4n) is 3.42. The number of hydrogen-bond donors (Lipinski definition) is 2. The Morgan fingerprint density at radius 1 is 1.11 bits per heavy atom. The second-order valence-electron chi connectivity index (χ2n) is 6.39. The van der Waals surface area contributed by atoms with Gasteiger partial charge >= 0.3 is 12.0 Å². The molecule has 0 saturated carbocycles. The molecular weight excluding hydrogens is 348 g/mol. The summed E-state index contributed by atoms with van der Waals surface area (Å²) in [4.78, 5) is 23.7. The maximum Gasteiger partial charge on any atom is 0.337 e. The van der Waals surface area contributed by atoms with Gasteiger partial charge in [-0.1, -0.05) is 0 Å². The number of hydrogen-bond acceptors (Lipinski definition) is 5. The van der Waals surface area contributed by atoms with Crippen molar-refractivity contribution in [2.45, 2.75) is 19.4 Å². The molecule has 27 heavy (non-hydrogen) atoms. The lowest BCUT2D eigenvalue weighted by atomic mass is 9.99. The third kappa shape index (κ3) is 3.40. The highest BCUT2D eigenvalue weighted by Gasteiger charge is 2.26. The lowest BCUT2D eigenvalue weighted by Crippen LogP contribution is -2.28. The van der Waals surface area contributed by atoms with Gasteiger partial charge in [0, 0.05) is 41.8 Å². The lowest BCUT2D eigenvalue weighted by molar-refractivity contribution is 0.0600. The Labute approximate surface area is 156 Å². The molecule has 0 aromatic heterocycles. The van der Waals surface area contributed by atoms with E-state index in [-0.39, 0.29) is 6.03 Å². The van der Waals surface area contributed by atoms with E-state index in [1.54, 1.807) is 24.3 Å². The SMILES string of the molecule is COC(=O)c1ccc(NC(=O)NCc2c3c(cc4c2OCC4)OCC3)cc1. The highest BCUT2D eigenvalue weighted by atomic mass is 16.5. The van der Waals surface area contributed by atoms with Gasteiger partial charge in [0.1, 0.15) is 11.5 Å². The van der Waals surface area contributed by atoms with E-state index in [2.05, 4.69) is 21.4 Å². The van der Waals surface area contributed by atoms with Crippen molar-refractivity contribution in [1.82, 2.24) is 5.32 Å². The maximum absolute atomic E-state index is 12.3. The van der Waals surface area contributed by atoms with Crippen LogP contribution in [-0.2, 0) is 24.1 Å². The summed E-state index contributed by atoms with van der Waals surface area (Å²) in [6.07, 6.45) is 1.68. The molecule has 0 aliphatic carbocycles. The molecular formula is C20H20N2O5. The molecule has 2 aromatic rings. The number of nitrogens with one attached hydrogen (secondary N) is 2. The number of rotatable bonds is 4. The van der Waals surface area contributed by atoms with Gasteiger partial charge in [-0.25, -0.2) is 9.59 Å². The van der Waals surface area contributed by atoms with E-state index in [0.29, 0.717) is 31.0 Å². The number of esters is 1. The Morgan fingerprint density at radius 3 is 2.67 bits per heavy atom. The van der Waals surface area contributed by atoms with Crippen molar-refractivity contribution in [2.75, 3.05) is 25.6 Å². The van der Waals surface area contributed by atoms with Gasteiger partial charge in [-0.15, -0.1) is 0 Å². The van der Waals surface area contributed by atoms with E-state index < -0.39 is 5.97 Å². The normalized spacial score (nSPS) is 13.8. The first kappa shape index (κ1) is 17.2. The van der Waals surface area contributed by atoms with E-state index in [1.165, 1.54) is 7.11 Å². The Hall–Kier alpha value is -3.22. The molecule has 2 aliphatic rings. The standard InChI is InChI=1S/C20H20N2O5/c1-25-19(23)12-2-4-14(5-3-12)22-20(24)21-11-16-15-7-9-26-17(15)10-13-6-8-27-18(13)16/h2-5,10H,6-9,11H2,1H3,(H2,21,22,24). The number of ether oxygens (including phenoxy) is 3. The molecule has 0 fully saturated rings. The van der Waals surface area contributed by atoms with Crippen molar-refractivity contribution in [3.8, 4) is 11.5 Å². The van der Waals surface area contributed by atoms with Crippen LogP contribution in [0.25, 0.3) is 0 Å². The van der Waals surface area contributed by atoms with Crippen LogP contribution in [0.4, 0.5) is 10.5 Å². The first-order valence-corrected chi connectivity index (χ1v) is 8.82. The van der Waals surface area contributed by atoms with Gasteiger partial charge in [0.25, 0.3) is 0 Å². The van der Waals surface area contributed by atoms with Crippen LogP contribution >= 0.6 is 0 Å². The number of anilines is 1. The minimum absolute atomic E-state index is 0.330. The van der Waals surface area contributed by atoms with Crippen LogP contribution in [0.5, 0.6) is 11.5 Å². The number of amides is 2. The first-order valence-electron chi connectivity index (χ1n) is 8.82. The van der Waals surface area contributed by atoms with Crippen LogP contribution in [0.1, 0.15) is 27.0 Å². The molecule has 0 spiro atoms. The molecule has 2 aromatic carbocycles. The number of benzene rings is 2. The summed E-state index contributed by atoms with van der Waals surface area (Å²) in [6.45, 7) is 1.68. The molecule has 0 unspecified atom stereocenters. The molecule has 2 heterocycles. The molecule has 2 amide bonds. The maximum atomic E-state index is 12.3. The summed E-state index contributed by atoms with van der Waals surface area (Å²) in [5.74, 6) is 1.36. The molecule has 7 heteroatoms. The van der Waals surface area contributed by atoms with Crippen molar-refractivity contribution in [3.05, 3.63) is 52.6 Å². The van der Waals surface area contributed by atoms with Gasteiger partial charge in [0.2, 0.25) is 0 Å². The summed E-state index contributed by atoms with van der Waals surface area (Å²) in [5, 5.41) is 5.64. The van der Waals surface area contributed by atoms with Gasteiger partial charge in [-0.2, -0.15) is 0 Å². The fraction of sp³-hybridized carbons (Fsp3) is 0.300. The van der Waals surface area contributed by atoms with Gasteiger partial charge in [-0.05, 0) is 30.3 Å². The Balaban J connectivity index is 1.42. The number of methoxy groups -OCH3 is 1. The van der Waals surface area contributed by atoms with Gasteiger partial charge in [-0.3, -0.25) is 0 Å². The Morgan fingerprint density at radius 2 is 1.89 bits per heavy atom. The van der Waals surface area contributed by atoms with Crippen LogP contribution in [0, 0.1) is 0 Å². The quantitative estimate of drug-likeness (QED) is 0.811. The summed E-state index contributed by atoms with van der Waals surface area (Å²) in [6, 6.07) is 8.23. The van der Waals surface area contributed by atoms with Crippen LogP contribution in [-0.4, -0.2) is 32.3 Å². The molecule has 4 rings (SSSR count). The number of carbonyl (C=O) groups excluding carboxylic acids is 2. The third-order valence-electron chi connectivity index (χ3n) is 4.75. The molecule has 0 saturated heterocycles. The van der Waals surface area contributed by atoms with Crippen LogP contribution in [0.3, 0.4) is 0 Å². The smallest absolute Gasteiger partial charge is 0.337 e. The van der Waals surface area contributed by atoms with Crippen molar-refractivity contribution in [1.29, 1.82) is 0 Å². The largest absolute Gasteiger partial charge is 0.493 e. The fourth-order valence-corrected chi connectivity index (χ4v) is 3.42. The molecule has 0 radical (unpaired) electrons. The zero-order valence-corrected chi connectivity index (χ0v) is 15.0. The van der Waals surface area contributed by atoms with E-state index in [4.69, 9.17) is 9.47 Å².